The van der Waals surface area contributed by atoms with Gasteiger partial charge in [-0.25, -0.2) is 9.97 Å². The summed E-state index contributed by atoms with van der Waals surface area (Å²) >= 11 is 3.07. The molecule has 0 amide bonds. The highest BCUT2D eigenvalue weighted by Crippen LogP contribution is 2.20. The van der Waals surface area contributed by atoms with Gasteiger partial charge in [0.25, 0.3) is 5.56 Å². The number of aromatic nitrogens is 4. The van der Waals surface area contributed by atoms with E-state index in [9.17, 15) is 4.79 Å². The van der Waals surface area contributed by atoms with E-state index in [0.717, 1.165) is 29.2 Å². The van der Waals surface area contributed by atoms with Gasteiger partial charge in [0.1, 0.15) is 0 Å². The topological polar surface area (TPSA) is 72.2 Å². The summed E-state index contributed by atoms with van der Waals surface area (Å²) in [5.74, 6) is 0. The second-order valence-corrected chi connectivity index (χ2v) is 7.39. The van der Waals surface area contributed by atoms with Gasteiger partial charge in [-0.3, -0.25) is 4.79 Å². The zero-order valence-electron chi connectivity index (χ0n) is 12.7. The Bertz CT molecular complexity index is 864. The van der Waals surface area contributed by atoms with Crippen molar-refractivity contribution in [3.63, 3.8) is 0 Å². The lowest BCUT2D eigenvalue weighted by atomic mass is 10.2. The van der Waals surface area contributed by atoms with Crippen molar-refractivity contribution in [2.24, 2.45) is 0 Å². The molecule has 0 aliphatic carbocycles. The molecule has 22 heavy (non-hydrogen) atoms. The highest BCUT2D eigenvalue weighted by atomic mass is 32.1. The number of aryl methyl sites for hydroxylation is 3. The van der Waals surface area contributed by atoms with Gasteiger partial charge >= 0.3 is 0 Å². The summed E-state index contributed by atoms with van der Waals surface area (Å²) in [4.78, 5) is 22.9. The van der Waals surface area contributed by atoms with Gasteiger partial charge in [0.05, 0.1) is 17.2 Å². The lowest BCUT2D eigenvalue weighted by molar-refractivity contribution is 0.839. The van der Waals surface area contributed by atoms with Crippen molar-refractivity contribution in [3.05, 3.63) is 37.7 Å². The van der Waals surface area contributed by atoms with Crippen molar-refractivity contribution < 1.29 is 0 Å². The van der Waals surface area contributed by atoms with Crippen LogP contribution in [0.4, 0.5) is 5.13 Å². The Morgan fingerprint density at radius 1 is 1.27 bits per heavy atom. The van der Waals surface area contributed by atoms with Crippen LogP contribution in [-0.4, -0.2) is 19.6 Å². The molecule has 3 rings (SSSR count). The average Bonchev–Trinajstić information content (AvgIpc) is 3.00. The molecule has 3 aromatic rings. The summed E-state index contributed by atoms with van der Waals surface area (Å²) in [6, 6.07) is 1.56. The Labute approximate surface area is 135 Å². The molecule has 8 heteroatoms. The van der Waals surface area contributed by atoms with Crippen LogP contribution >= 0.6 is 22.7 Å². The number of anilines is 1. The number of nitrogens with one attached hydrogen (secondary N) is 1. The number of thiazole rings is 1. The van der Waals surface area contributed by atoms with Crippen molar-refractivity contribution in [1.82, 2.24) is 19.6 Å². The summed E-state index contributed by atoms with van der Waals surface area (Å²) in [7, 11) is 0. The van der Waals surface area contributed by atoms with E-state index in [1.54, 1.807) is 17.4 Å². The first kappa shape index (κ1) is 15.1. The highest BCUT2D eigenvalue weighted by molar-refractivity contribution is 7.20. The fraction of sp³-hybridized carbons (Fsp3) is 0.429. The van der Waals surface area contributed by atoms with E-state index < -0.39 is 0 Å². The van der Waals surface area contributed by atoms with Gasteiger partial charge in [-0.15, -0.1) is 16.4 Å². The predicted octanol–water partition coefficient (Wildman–Crippen LogP) is 2.79. The van der Waals surface area contributed by atoms with Crippen molar-refractivity contribution in [1.29, 1.82) is 0 Å². The fourth-order valence-corrected chi connectivity index (χ4v) is 3.86. The molecule has 116 valence electrons. The smallest absolute Gasteiger partial charge is 0.275 e. The quantitative estimate of drug-likeness (QED) is 0.776. The molecule has 0 saturated carbocycles. The molecular weight excluding hydrogens is 318 g/mol. The van der Waals surface area contributed by atoms with Gasteiger partial charge in [-0.05, 0) is 20.3 Å². The number of hydrogen-bond donors (Lipinski definition) is 1. The predicted molar refractivity (Wildman–Crippen MR) is 90.0 cm³/mol. The summed E-state index contributed by atoms with van der Waals surface area (Å²) < 4.78 is 1.35. The first-order valence-electron chi connectivity index (χ1n) is 7.13. The SMILES string of the molecule is CCCc1cc(=O)n2nc(NCc3nc(C)sc3C)sc2n1. The Morgan fingerprint density at radius 2 is 2.09 bits per heavy atom. The molecule has 0 aromatic carbocycles. The Balaban J connectivity index is 1.84. The van der Waals surface area contributed by atoms with E-state index in [2.05, 4.69) is 34.2 Å². The lowest BCUT2D eigenvalue weighted by Crippen LogP contribution is -2.15. The minimum Gasteiger partial charge on any atom is -0.354 e. The van der Waals surface area contributed by atoms with Crippen LogP contribution in [0.25, 0.3) is 4.96 Å². The molecule has 6 nitrogen and oxygen atoms in total. The van der Waals surface area contributed by atoms with Crippen LogP contribution in [0.15, 0.2) is 10.9 Å². The third-order valence-corrected chi connectivity index (χ3v) is 5.01. The molecule has 0 aliphatic rings. The number of rotatable bonds is 5. The number of nitrogens with zero attached hydrogens (tertiary/aromatic N) is 4. The van der Waals surface area contributed by atoms with E-state index in [1.807, 2.05) is 6.92 Å². The largest absolute Gasteiger partial charge is 0.354 e. The fourth-order valence-electron chi connectivity index (χ4n) is 2.21. The van der Waals surface area contributed by atoms with E-state index in [0.29, 0.717) is 16.6 Å². The Kier molecular flexibility index (Phi) is 4.21. The molecule has 3 aromatic heterocycles. The van der Waals surface area contributed by atoms with Crippen molar-refractivity contribution in [3.8, 4) is 0 Å². The van der Waals surface area contributed by atoms with Crippen molar-refractivity contribution >= 4 is 32.8 Å². The van der Waals surface area contributed by atoms with Gasteiger partial charge < -0.3 is 5.32 Å². The van der Waals surface area contributed by atoms with Crippen LogP contribution < -0.4 is 10.9 Å². The third kappa shape index (κ3) is 3.02. The minimum absolute atomic E-state index is 0.126. The first-order valence-corrected chi connectivity index (χ1v) is 8.76. The molecule has 1 N–H and O–H groups in total. The Hall–Kier alpha value is -1.80. The van der Waals surface area contributed by atoms with Crippen LogP contribution in [0, 0.1) is 13.8 Å². The standard InChI is InChI=1S/C14H17N5OS2/c1-4-5-10-6-12(20)19-14(17-10)22-13(18-19)15-7-11-8(2)21-9(3)16-11/h6H,4-5,7H2,1-3H3,(H,15,18). The summed E-state index contributed by atoms with van der Waals surface area (Å²) in [6.07, 6.45) is 1.78. The molecule has 0 atom stereocenters. The summed E-state index contributed by atoms with van der Waals surface area (Å²) in [5, 5.41) is 9.26. The zero-order chi connectivity index (χ0) is 15.7. The van der Waals surface area contributed by atoms with Crippen LogP contribution in [-0.2, 0) is 13.0 Å². The molecule has 0 radical (unpaired) electrons. The number of fused-ring (bicyclic) bond motifs is 1. The van der Waals surface area contributed by atoms with Crippen LogP contribution in [0.3, 0.4) is 0 Å². The second kappa shape index (κ2) is 6.13. The van der Waals surface area contributed by atoms with Gasteiger partial charge in [0.15, 0.2) is 0 Å². The molecule has 3 heterocycles. The van der Waals surface area contributed by atoms with Gasteiger partial charge in [0.2, 0.25) is 10.1 Å². The van der Waals surface area contributed by atoms with E-state index >= 15 is 0 Å². The van der Waals surface area contributed by atoms with Gasteiger partial charge in [-0.2, -0.15) is 4.52 Å². The molecular formula is C14H17N5OS2. The van der Waals surface area contributed by atoms with Crippen LogP contribution in [0.2, 0.25) is 0 Å². The van der Waals surface area contributed by atoms with Crippen molar-refractivity contribution in [2.45, 2.75) is 40.2 Å². The highest BCUT2D eigenvalue weighted by Gasteiger charge is 2.10. The first-order chi connectivity index (χ1) is 10.6. The third-order valence-electron chi connectivity index (χ3n) is 3.21. The molecule has 0 bridgehead atoms. The normalized spacial score (nSPS) is 11.2. The lowest BCUT2D eigenvalue weighted by Gasteiger charge is -1.99. The van der Waals surface area contributed by atoms with E-state index in [4.69, 9.17) is 0 Å². The molecule has 0 fully saturated rings. The van der Waals surface area contributed by atoms with E-state index in [-0.39, 0.29) is 5.56 Å². The minimum atomic E-state index is -0.126. The van der Waals surface area contributed by atoms with Crippen molar-refractivity contribution in [2.75, 3.05) is 5.32 Å². The molecule has 0 spiro atoms. The monoisotopic (exact) mass is 335 g/mol. The average molecular weight is 335 g/mol. The summed E-state index contributed by atoms with van der Waals surface area (Å²) in [6.45, 7) is 6.73. The second-order valence-electron chi connectivity index (χ2n) is 5.03. The zero-order valence-corrected chi connectivity index (χ0v) is 14.3. The summed E-state index contributed by atoms with van der Waals surface area (Å²) in [5.41, 5.74) is 1.72. The van der Waals surface area contributed by atoms with Gasteiger partial charge in [0, 0.05) is 16.6 Å². The maximum atomic E-state index is 12.0. The van der Waals surface area contributed by atoms with E-state index in [1.165, 1.54) is 20.7 Å². The van der Waals surface area contributed by atoms with Crippen LogP contribution in [0.5, 0.6) is 0 Å². The van der Waals surface area contributed by atoms with Gasteiger partial charge in [-0.1, -0.05) is 24.7 Å². The number of hydrogen-bond acceptors (Lipinski definition) is 7. The maximum absolute atomic E-state index is 12.0. The molecule has 0 saturated heterocycles. The molecule has 0 aliphatic heterocycles. The Morgan fingerprint density at radius 3 is 2.77 bits per heavy atom. The van der Waals surface area contributed by atoms with Crippen LogP contribution in [0.1, 0.15) is 34.6 Å². The molecule has 0 unspecified atom stereocenters. The maximum Gasteiger partial charge on any atom is 0.275 e.